The summed E-state index contributed by atoms with van der Waals surface area (Å²) in [7, 11) is 0. The van der Waals surface area contributed by atoms with E-state index in [2.05, 4.69) is 15.1 Å². The summed E-state index contributed by atoms with van der Waals surface area (Å²) in [5, 5.41) is 37.0. The van der Waals surface area contributed by atoms with Gasteiger partial charge in [0.25, 0.3) is 5.69 Å². The smallest absolute Gasteiger partial charge is 0.269 e. The van der Waals surface area contributed by atoms with Gasteiger partial charge >= 0.3 is 0 Å². The number of nitro benzene ring substituents is 1. The van der Waals surface area contributed by atoms with E-state index in [0.717, 1.165) is 31.6 Å². The lowest BCUT2D eigenvalue weighted by molar-refractivity contribution is -0.384. The number of nitrogens with zero attached hydrogens (tertiary/aromatic N) is 4. The second kappa shape index (κ2) is 17.5. The Kier molecular flexibility index (Phi) is 14.2. The summed E-state index contributed by atoms with van der Waals surface area (Å²) < 4.78 is 5.80. The topological polar surface area (TPSA) is 121 Å². The molecule has 192 valence electrons. The lowest BCUT2D eigenvalue weighted by atomic mass is 10.1. The van der Waals surface area contributed by atoms with E-state index in [9.17, 15) is 10.1 Å². The van der Waals surface area contributed by atoms with Gasteiger partial charge in [-0.2, -0.15) is 10.2 Å². The molecule has 2 aromatic carbocycles. The van der Waals surface area contributed by atoms with Crippen molar-refractivity contribution in [1.29, 1.82) is 0 Å². The van der Waals surface area contributed by atoms with Gasteiger partial charge in [0.2, 0.25) is 0 Å². The molecule has 0 amide bonds. The zero-order valence-electron chi connectivity index (χ0n) is 20.4. The highest BCUT2D eigenvalue weighted by atomic mass is 16.6. The van der Waals surface area contributed by atoms with Gasteiger partial charge in [0, 0.05) is 25.2 Å². The first-order valence-electron chi connectivity index (χ1n) is 12.5. The van der Waals surface area contributed by atoms with Crippen LogP contribution in [0.1, 0.15) is 51.4 Å². The van der Waals surface area contributed by atoms with Crippen molar-refractivity contribution in [3.05, 3.63) is 58.6 Å². The van der Waals surface area contributed by atoms with Crippen LogP contribution in [0.2, 0.25) is 0 Å². The molecule has 0 heterocycles. The van der Waals surface area contributed by atoms with Crippen LogP contribution in [0.15, 0.2) is 58.8 Å². The Hall–Kier alpha value is -2.88. The van der Waals surface area contributed by atoms with Gasteiger partial charge < -0.3 is 14.9 Å². The maximum absolute atomic E-state index is 10.7. The minimum atomic E-state index is -0.445. The molecule has 0 fully saturated rings. The fourth-order valence-electron chi connectivity index (χ4n) is 3.67. The van der Waals surface area contributed by atoms with E-state index < -0.39 is 4.92 Å². The summed E-state index contributed by atoms with van der Waals surface area (Å²) in [6.07, 6.45) is 9.43. The molecule has 35 heavy (non-hydrogen) atoms. The van der Waals surface area contributed by atoms with Gasteiger partial charge in [-0.3, -0.25) is 15.0 Å². The first-order valence-corrected chi connectivity index (χ1v) is 12.5. The van der Waals surface area contributed by atoms with Crippen molar-refractivity contribution in [3.63, 3.8) is 0 Å². The summed E-state index contributed by atoms with van der Waals surface area (Å²) in [5.41, 5.74) is 1.27. The Bertz CT molecular complexity index is 853. The minimum Gasteiger partial charge on any atom is -0.494 e. The zero-order valence-corrected chi connectivity index (χ0v) is 20.4. The Morgan fingerprint density at radius 3 is 1.71 bits per heavy atom. The lowest BCUT2D eigenvalue weighted by Crippen LogP contribution is -2.30. The second-order valence-corrected chi connectivity index (χ2v) is 8.43. The number of aliphatic hydroxyl groups excluding tert-OH is 2. The molecule has 0 saturated heterocycles. The number of azo groups is 1. The van der Waals surface area contributed by atoms with E-state index in [0.29, 0.717) is 31.1 Å². The molecule has 0 unspecified atom stereocenters. The van der Waals surface area contributed by atoms with Gasteiger partial charge in [0.15, 0.2) is 0 Å². The van der Waals surface area contributed by atoms with Crippen molar-refractivity contribution >= 4 is 17.1 Å². The first-order chi connectivity index (χ1) is 17.1. The first kappa shape index (κ1) is 28.4. The summed E-state index contributed by atoms with van der Waals surface area (Å²) in [6, 6.07) is 13.3. The van der Waals surface area contributed by atoms with Crippen molar-refractivity contribution in [3.8, 4) is 5.75 Å². The number of ether oxygens (including phenoxy) is 1. The molecule has 2 N–H and O–H groups in total. The SMILES string of the molecule is O=[N+]([O-])c1ccc(N=Nc2ccc(OCCCCCCCCCCN(CCO)CCO)cc2)cc1. The molecule has 0 radical (unpaired) electrons. The van der Waals surface area contributed by atoms with Crippen LogP contribution in [-0.4, -0.2) is 59.5 Å². The number of unbranched alkanes of at least 4 members (excludes halogenated alkanes) is 7. The summed E-state index contributed by atoms with van der Waals surface area (Å²) in [5.74, 6) is 0.802. The van der Waals surface area contributed by atoms with Gasteiger partial charge in [-0.25, -0.2) is 0 Å². The predicted octanol–water partition coefficient (Wildman–Crippen LogP) is 5.80. The molecule has 0 atom stereocenters. The Morgan fingerprint density at radius 1 is 0.714 bits per heavy atom. The third kappa shape index (κ3) is 12.4. The average molecular weight is 487 g/mol. The van der Waals surface area contributed by atoms with Crippen molar-refractivity contribution in [2.24, 2.45) is 10.2 Å². The molecule has 9 nitrogen and oxygen atoms in total. The number of benzene rings is 2. The fraction of sp³-hybridized carbons (Fsp3) is 0.538. The van der Waals surface area contributed by atoms with E-state index >= 15 is 0 Å². The van der Waals surface area contributed by atoms with Crippen LogP contribution in [0.4, 0.5) is 17.1 Å². The van der Waals surface area contributed by atoms with Crippen LogP contribution in [-0.2, 0) is 0 Å². The largest absolute Gasteiger partial charge is 0.494 e. The van der Waals surface area contributed by atoms with Crippen molar-refractivity contribution in [2.75, 3.05) is 39.5 Å². The van der Waals surface area contributed by atoms with Gasteiger partial charge in [-0.1, -0.05) is 38.5 Å². The lowest BCUT2D eigenvalue weighted by Gasteiger charge is -2.19. The van der Waals surface area contributed by atoms with Crippen LogP contribution in [0.3, 0.4) is 0 Å². The normalized spacial score (nSPS) is 11.4. The maximum Gasteiger partial charge on any atom is 0.269 e. The van der Waals surface area contributed by atoms with Gasteiger partial charge in [-0.05, 0) is 55.8 Å². The maximum atomic E-state index is 10.7. The zero-order chi connectivity index (χ0) is 25.1. The van der Waals surface area contributed by atoms with Gasteiger partial charge in [0.05, 0.1) is 36.1 Å². The minimum absolute atomic E-state index is 0.0266. The molecule has 0 saturated carbocycles. The highest BCUT2D eigenvalue weighted by Gasteiger charge is 2.04. The van der Waals surface area contributed by atoms with Crippen LogP contribution in [0, 0.1) is 10.1 Å². The van der Waals surface area contributed by atoms with E-state index in [4.69, 9.17) is 14.9 Å². The average Bonchev–Trinajstić information content (AvgIpc) is 2.87. The summed E-state index contributed by atoms with van der Waals surface area (Å²) in [6.45, 7) is 3.21. The quantitative estimate of drug-likeness (QED) is 0.112. The Balaban J connectivity index is 1.50. The monoisotopic (exact) mass is 486 g/mol. The Labute approximate surface area is 207 Å². The standard InChI is InChI=1S/C26H38N4O5/c31-20-18-29(19-21-32)17-7-5-3-1-2-4-6-8-22-35-26-15-11-24(12-16-26)28-27-23-9-13-25(14-10-23)30(33)34/h9-16,31-32H,1-8,17-22H2. The number of hydrogen-bond donors (Lipinski definition) is 2. The van der Waals surface area contributed by atoms with Crippen LogP contribution in [0.5, 0.6) is 5.75 Å². The van der Waals surface area contributed by atoms with Crippen molar-refractivity contribution in [2.45, 2.75) is 51.4 Å². The van der Waals surface area contributed by atoms with E-state index in [1.807, 2.05) is 24.3 Å². The molecule has 0 aliphatic carbocycles. The number of rotatable bonds is 19. The van der Waals surface area contributed by atoms with Gasteiger partial charge in [-0.15, -0.1) is 0 Å². The van der Waals surface area contributed by atoms with Crippen LogP contribution >= 0.6 is 0 Å². The highest BCUT2D eigenvalue weighted by Crippen LogP contribution is 2.23. The number of aliphatic hydroxyl groups is 2. The Morgan fingerprint density at radius 2 is 1.20 bits per heavy atom. The van der Waals surface area contributed by atoms with E-state index in [1.165, 1.54) is 44.2 Å². The molecular formula is C26H38N4O5. The van der Waals surface area contributed by atoms with Crippen molar-refractivity contribution in [1.82, 2.24) is 4.90 Å². The molecule has 2 rings (SSSR count). The predicted molar refractivity (Wildman–Crippen MR) is 137 cm³/mol. The highest BCUT2D eigenvalue weighted by molar-refractivity contribution is 5.45. The molecule has 0 aromatic heterocycles. The second-order valence-electron chi connectivity index (χ2n) is 8.43. The summed E-state index contributed by atoms with van der Waals surface area (Å²) in [4.78, 5) is 12.4. The third-order valence-corrected chi connectivity index (χ3v) is 5.65. The van der Waals surface area contributed by atoms with E-state index in [1.54, 1.807) is 12.1 Å². The molecule has 0 aliphatic rings. The number of hydrogen-bond acceptors (Lipinski definition) is 8. The molecular weight excluding hydrogens is 448 g/mol. The van der Waals surface area contributed by atoms with Crippen molar-refractivity contribution < 1.29 is 19.9 Å². The fourth-order valence-corrected chi connectivity index (χ4v) is 3.67. The molecule has 0 spiro atoms. The third-order valence-electron chi connectivity index (χ3n) is 5.65. The number of non-ortho nitro benzene ring substituents is 1. The molecule has 9 heteroatoms. The van der Waals surface area contributed by atoms with Crippen LogP contribution < -0.4 is 4.74 Å². The molecule has 2 aromatic rings. The molecule has 0 bridgehead atoms. The number of nitro groups is 1. The summed E-state index contributed by atoms with van der Waals surface area (Å²) >= 11 is 0. The molecule has 0 aliphatic heterocycles. The van der Waals surface area contributed by atoms with Gasteiger partial charge in [0.1, 0.15) is 5.75 Å². The van der Waals surface area contributed by atoms with Crippen LogP contribution in [0.25, 0.3) is 0 Å². The van der Waals surface area contributed by atoms with E-state index in [-0.39, 0.29) is 18.9 Å².